The molecule has 0 radical (unpaired) electrons. The maximum atomic E-state index is 10.6. The van der Waals surface area contributed by atoms with Crippen molar-refractivity contribution in [3.63, 3.8) is 0 Å². The lowest BCUT2D eigenvalue weighted by Gasteiger charge is -2.21. The fourth-order valence-electron chi connectivity index (χ4n) is 1.78. The summed E-state index contributed by atoms with van der Waals surface area (Å²) < 4.78 is 0. The third kappa shape index (κ3) is 4.69. The first-order valence-electron chi connectivity index (χ1n) is 5.92. The van der Waals surface area contributed by atoms with Crippen LogP contribution in [0.1, 0.15) is 17.5 Å². The summed E-state index contributed by atoms with van der Waals surface area (Å²) in [4.78, 5) is 12.5. The van der Waals surface area contributed by atoms with Gasteiger partial charge in [-0.05, 0) is 11.1 Å². The van der Waals surface area contributed by atoms with Gasteiger partial charge < -0.3 is 10.2 Å². The number of nitrogens with zero attached hydrogens (tertiary/aromatic N) is 1. The molecule has 0 fully saturated rings. The summed E-state index contributed by atoms with van der Waals surface area (Å²) in [5.41, 5.74) is 2.13. The number of hydrogen-bond acceptors (Lipinski definition) is 3. The molecule has 0 saturated heterocycles. The highest BCUT2D eigenvalue weighted by Gasteiger charge is 2.09. The number of carboxylic acid groups (broad SMARTS) is 1. The number of aliphatic carboxylic acids is 1. The fourth-order valence-corrected chi connectivity index (χ4v) is 1.78. The number of benzene rings is 1. The Morgan fingerprint density at radius 3 is 2.67 bits per heavy atom. The molecule has 0 heterocycles. The number of carbonyl (C=O) groups is 1. The van der Waals surface area contributed by atoms with Gasteiger partial charge in [-0.3, -0.25) is 9.69 Å². The van der Waals surface area contributed by atoms with Gasteiger partial charge in [-0.25, -0.2) is 0 Å². The summed E-state index contributed by atoms with van der Waals surface area (Å²) in [5.74, 6) is -0.824. The lowest BCUT2D eigenvalue weighted by Crippen LogP contribution is -2.29. The first-order valence-corrected chi connectivity index (χ1v) is 5.92. The van der Waals surface area contributed by atoms with Crippen LogP contribution in [0.4, 0.5) is 0 Å². The van der Waals surface area contributed by atoms with Crippen LogP contribution in [0.2, 0.25) is 0 Å². The van der Waals surface area contributed by atoms with Crippen molar-refractivity contribution in [2.75, 3.05) is 19.7 Å². The molecule has 0 atom stereocenters. The number of rotatable bonds is 8. The SMILES string of the molecule is C=Cc1ccccc1CN(CCO)CCC(=O)O. The Labute approximate surface area is 107 Å². The van der Waals surface area contributed by atoms with Gasteiger partial charge in [0.1, 0.15) is 0 Å². The molecular weight excluding hydrogens is 230 g/mol. The molecule has 4 nitrogen and oxygen atoms in total. The summed E-state index contributed by atoms with van der Waals surface area (Å²) in [6, 6.07) is 7.84. The van der Waals surface area contributed by atoms with Gasteiger partial charge in [0.05, 0.1) is 13.0 Å². The highest BCUT2D eigenvalue weighted by molar-refractivity contribution is 5.66. The normalized spacial score (nSPS) is 10.6. The van der Waals surface area contributed by atoms with Crippen LogP contribution >= 0.6 is 0 Å². The second-order valence-corrected chi connectivity index (χ2v) is 4.05. The van der Waals surface area contributed by atoms with Gasteiger partial charge in [-0.2, -0.15) is 0 Å². The number of hydrogen-bond donors (Lipinski definition) is 2. The number of aliphatic hydroxyl groups excluding tert-OH is 1. The van der Waals surface area contributed by atoms with Crippen molar-refractivity contribution in [3.8, 4) is 0 Å². The van der Waals surface area contributed by atoms with Crippen LogP contribution in [0.5, 0.6) is 0 Å². The Morgan fingerprint density at radius 1 is 1.33 bits per heavy atom. The Kier molecular flexibility index (Phi) is 6.11. The van der Waals surface area contributed by atoms with Crippen molar-refractivity contribution >= 4 is 12.0 Å². The van der Waals surface area contributed by atoms with Gasteiger partial charge in [-0.1, -0.05) is 36.9 Å². The van der Waals surface area contributed by atoms with Crippen LogP contribution in [-0.2, 0) is 11.3 Å². The van der Waals surface area contributed by atoms with Gasteiger partial charge in [0.15, 0.2) is 0 Å². The molecule has 0 amide bonds. The van der Waals surface area contributed by atoms with Crippen LogP contribution < -0.4 is 0 Å². The molecule has 4 heteroatoms. The van der Waals surface area contributed by atoms with Gasteiger partial charge in [-0.15, -0.1) is 0 Å². The van der Waals surface area contributed by atoms with E-state index in [4.69, 9.17) is 10.2 Å². The molecular formula is C14H19NO3. The first-order chi connectivity index (χ1) is 8.67. The lowest BCUT2D eigenvalue weighted by molar-refractivity contribution is -0.137. The maximum Gasteiger partial charge on any atom is 0.304 e. The summed E-state index contributed by atoms with van der Waals surface area (Å²) in [7, 11) is 0. The molecule has 98 valence electrons. The van der Waals surface area contributed by atoms with Crippen LogP contribution in [-0.4, -0.2) is 40.8 Å². The van der Waals surface area contributed by atoms with E-state index < -0.39 is 5.97 Å². The van der Waals surface area contributed by atoms with E-state index in [9.17, 15) is 4.79 Å². The zero-order valence-corrected chi connectivity index (χ0v) is 10.4. The third-order valence-electron chi connectivity index (χ3n) is 2.73. The van der Waals surface area contributed by atoms with Crippen LogP contribution in [0.15, 0.2) is 30.8 Å². The molecule has 1 rings (SSSR count). The largest absolute Gasteiger partial charge is 0.481 e. The van der Waals surface area contributed by atoms with Gasteiger partial charge in [0.25, 0.3) is 0 Å². The Morgan fingerprint density at radius 2 is 2.06 bits per heavy atom. The Hall–Kier alpha value is -1.65. The minimum Gasteiger partial charge on any atom is -0.481 e. The molecule has 0 aromatic heterocycles. The molecule has 1 aromatic carbocycles. The molecule has 2 N–H and O–H groups in total. The first kappa shape index (κ1) is 14.4. The molecule has 0 aliphatic heterocycles. The summed E-state index contributed by atoms with van der Waals surface area (Å²) in [6.07, 6.45) is 1.86. The van der Waals surface area contributed by atoms with E-state index in [1.165, 1.54) is 0 Å². The molecule has 0 unspecified atom stereocenters. The van der Waals surface area contributed by atoms with Crippen molar-refractivity contribution < 1.29 is 15.0 Å². The number of carboxylic acids is 1. The van der Waals surface area contributed by atoms with E-state index in [1.807, 2.05) is 29.2 Å². The third-order valence-corrected chi connectivity index (χ3v) is 2.73. The molecule has 0 saturated carbocycles. The Bertz CT molecular complexity index is 404. The number of aliphatic hydroxyl groups is 1. The van der Waals surface area contributed by atoms with Crippen LogP contribution in [0, 0.1) is 0 Å². The van der Waals surface area contributed by atoms with E-state index in [2.05, 4.69) is 6.58 Å². The zero-order chi connectivity index (χ0) is 13.4. The minimum absolute atomic E-state index is 0.0237. The van der Waals surface area contributed by atoms with Gasteiger partial charge in [0.2, 0.25) is 0 Å². The molecule has 1 aromatic rings. The average molecular weight is 249 g/mol. The Balaban J connectivity index is 2.69. The van der Waals surface area contributed by atoms with E-state index in [1.54, 1.807) is 6.08 Å². The molecule has 0 spiro atoms. The highest BCUT2D eigenvalue weighted by Crippen LogP contribution is 2.13. The van der Waals surface area contributed by atoms with E-state index >= 15 is 0 Å². The van der Waals surface area contributed by atoms with Crippen molar-refractivity contribution in [1.82, 2.24) is 4.90 Å². The zero-order valence-electron chi connectivity index (χ0n) is 10.4. The molecule has 0 aliphatic rings. The molecule has 18 heavy (non-hydrogen) atoms. The summed E-state index contributed by atoms with van der Waals surface area (Å²) >= 11 is 0. The topological polar surface area (TPSA) is 60.8 Å². The monoisotopic (exact) mass is 249 g/mol. The van der Waals surface area contributed by atoms with Gasteiger partial charge in [0, 0.05) is 19.6 Å². The standard InChI is InChI=1S/C14H19NO3/c1-2-12-5-3-4-6-13(12)11-15(9-10-16)8-7-14(17)18/h2-6,16H,1,7-11H2,(H,17,18). The van der Waals surface area contributed by atoms with Crippen LogP contribution in [0.25, 0.3) is 6.08 Å². The molecule has 0 aliphatic carbocycles. The minimum atomic E-state index is -0.824. The van der Waals surface area contributed by atoms with Crippen molar-refractivity contribution in [2.24, 2.45) is 0 Å². The summed E-state index contributed by atoms with van der Waals surface area (Å²) in [6.45, 7) is 5.30. The molecule has 0 bridgehead atoms. The maximum absolute atomic E-state index is 10.6. The van der Waals surface area contributed by atoms with Crippen molar-refractivity contribution in [2.45, 2.75) is 13.0 Å². The van der Waals surface area contributed by atoms with Crippen LogP contribution in [0.3, 0.4) is 0 Å². The smallest absolute Gasteiger partial charge is 0.304 e. The summed E-state index contributed by atoms with van der Waals surface area (Å²) in [5, 5.41) is 17.7. The van der Waals surface area contributed by atoms with E-state index in [0.717, 1.165) is 11.1 Å². The highest BCUT2D eigenvalue weighted by atomic mass is 16.4. The predicted molar refractivity (Wildman–Crippen MR) is 71.1 cm³/mol. The van der Waals surface area contributed by atoms with Gasteiger partial charge >= 0.3 is 5.97 Å². The van der Waals surface area contributed by atoms with Crippen molar-refractivity contribution in [1.29, 1.82) is 0 Å². The quantitative estimate of drug-likeness (QED) is 0.734. The van der Waals surface area contributed by atoms with E-state index in [0.29, 0.717) is 19.6 Å². The predicted octanol–water partition coefficient (Wildman–Crippen LogP) is 1.60. The van der Waals surface area contributed by atoms with E-state index in [-0.39, 0.29) is 13.0 Å². The fraction of sp³-hybridized carbons (Fsp3) is 0.357. The lowest BCUT2D eigenvalue weighted by atomic mass is 10.1. The second-order valence-electron chi connectivity index (χ2n) is 4.05. The average Bonchev–Trinajstić information content (AvgIpc) is 2.37. The second kappa shape index (κ2) is 7.63. The van der Waals surface area contributed by atoms with Crippen molar-refractivity contribution in [3.05, 3.63) is 42.0 Å².